The predicted octanol–water partition coefficient (Wildman–Crippen LogP) is 2.17. The monoisotopic (exact) mass is 366 g/mol. The van der Waals surface area contributed by atoms with Gasteiger partial charge in [0.2, 0.25) is 0 Å². The molecule has 1 aliphatic rings. The fourth-order valence-electron chi connectivity index (χ4n) is 2.68. The van der Waals surface area contributed by atoms with Crippen molar-refractivity contribution >= 4 is 17.7 Å². The van der Waals surface area contributed by atoms with E-state index in [2.05, 4.69) is 20.3 Å². The number of ether oxygens (including phenoxy) is 1. The minimum atomic E-state index is -0.882. The third-order valence-corrected chi connectivity index (χ3v) is 4.73. The third-order valence-electron chi connectivity index (χ3n) is 4.73. The number of rotatable bonds is 6. The molecule has 0 aromatic carbocycles. The molecule has 0 fully saturated rings. The molecule has 7 heteroatoms. The summed E-state index contributed by atoms with van der Waals surface area (Å²) in [5.41, 5.74) is 0.549. The molecule has 2 aromatic heterocycles. The fourth-order valence-corrected chi connectivity index (χ4v) is 2.68. The molecule has 0 saturated heterocycles. The van der Waals surface area contributed by atoms with Crippen LogP contribution in [0.3, 0.4) is 0 Å². The summed E-state index contributed by atoms with van der Waals surface area (Å²) >= 11 is 0. The van der Waals surface area contributed by atoms with Gasteiger partial charge in [0.15, 0.2) is 5.84 Å². The number of esters is 1. The highest BCUT2D eigenvalue weighted by Gasteiger charge is 2.43. The smallest absolute Gasteiger partial charge is 0.340 e. The molecule has 7 nitrogen and oxygen atoms in total. The van der Waals surface area contributed by atoms with Crippen LogP contribution in [0.5, 0.6) is 0 Å². The largest absolute Gasteiger partial charge is 0.462 e. The van der Waals surface area contributed by atoms with Crippen LogP contribution in [-0.2, 0) is 16.0 Å². The zero-order chi connectivity index (χ0) is 19.4. The zero-order valence-electron chi connectivity index (χ0n) is 15.6. The topological polar surface area (TPSA) is 93.5 Å². The van der Waals surface area contributed by atoms with Gasteiger partial charge < -0.3 is 10.1 Å². The summed E-state index contributed by atoms with van der Waals surface area (Å²) in [6.07, 6.45) is 3.77. The number of amides is 1. The van der Waals surface area contributed by atoms with E-state index < -0.39 is 11.5 Å². The van der Waals surface area contributed by atoms with Gasteiger partial charge in [0.25, 0.3) is 5.91 Å². The molecule has 0 radical (unpaired) electrons. The maximum absolute atomic E-state index is 12.5. The number of hydrogen-bond acceptors (Lipinski definition) is 6. The molecule has 0 saturated carbocycles. The summed E-state index contributed by atoms with van der Waals surface area (Å²) in [5, 5.41) is 2.75. The van der Waals surface area contributed by atoms with E-state index in [0.29, 0.717) is 18.0 Å². The van der Waals surface area contributed by atoms with Gasteiger partial charge in [-0.1, -0.05) is 19.9 Å². The SMILES string of the molecule is CC(C)C1(C)N=C(c2ncccc2C(=O)OCCc2ccccn2)NC1=O. The number of aliphatic imine (C=N–C) groups is 1. The number of nitrogens with one attached hydrogen (secondary N) is 1. The lowest BCUT2D eigenvalue weighted by molar-refractivity contribution is -0.124. The average molecular weight is 366 g/mol. The number of amidine groups is 1. The van der Waals surface area contributed by atoms with Gasteiger partial charge in [0.1, 0.15) is 11.2 Å². The molecule has 0 aliphatic carbocycles. The quantitative estimate of drug-likeness (QED) is 0.791. The van der Waals surface area contributed by atoms with Gasteiger partial charge in [-0.05, 0) is 37.1 Å². The van der Waals surface area contributed by atoms with E-state index in [0.717, 1.165) is 5.69 Å². The van der Waals surface area contributed by atoms with Gasteiger partial charge in [-0.15, -0.1) is 0 Å². The van der Waals surface area contributed by atoms with Crippen molar-refractivity contribution in [3.63, 3.8) is 0 Å². The lowest BCUT2D eigenvalue weighted by atomic mass is 9.89. The standard InChI is InChI=1S/C20H22N4O3/c1-13(2)20(3)19(26)23-17(24-20)16-15(8-6-11-22-16)18(25)27-12-9-14-7-4-5-10-21-14/h4-8,10-11,13H,9,12H2,1-3H3,(H,23,24,26). The van der Waals surface area contributed by atoms with Gasteiger partial charge in [0.05, 0.1) is 12.2 Å². The molecule has 2 aromatic rings. The van der Waals surface area contributed by atoms with Crippen molar-refractivity contribution in [2.24, 2.45) is 10.9 Å². The number of nitrogens with zero attached hydrogens (tertiary/aromatic N) is 3. The van der Waals surface area contributed by atoms with Crippen LogP contribution in [0.25, 0.3) is 0 Å². The lowest BCUT2D eigenvalue weighted by Gasteiger charge is -2.21. The van der Waals surface area contributed by atoms with Crippen molar-refractivity contribution in [1.29, 1.82) is 0 Å². The Bertz CT molecular complexity index is 880. The highest BCUT2D eigenvalue weighted by atomic mass is 16.5. The maximum Gasteiger partial charge on any atom is 0.340 e. The van der Waals surface area contributed by atoms with Gasteiger partial charge in [-0.2, -0.15) is 0 Å². The van der Waals surface area contributed by atoms with Gasteiger partial charge >= 0.3 is 5.97 Å². The Morgan fingerprint density at radius 3 is 2.63 bits per heavy atom. The average Bonchev–Trinajstić information content (AvgIpc) is 2.98. The normalized spacial score (nSPS) is 19.0. The zero-order valence-corrected chi connectivity index (χ0v) is 15.6. The first kappa shape index (κ1) is 18.7. The van der Waals surface area contributed by atoms with E-state index in [1.165, 1.54) is 0 Å². The molecule has 0 spiro atoms. The van der Waals surface area contributed by atoms with E-state index in [-0.39, 0.29) is 24.0 Å². The summed E-state index contributed by atoms with van der Waals surface area (Å²) in [6, 6.07) is 8.86. The Morgan fingerprint density at radius 1 is 1.19 bits per heavy atom. The van der Waals surface area contributed by atoms with Crippen LogP contribution < -0.4 is 5.32 Å². The third kappa shape index (κ3) is 3.86. The molecule has 140 valence electrons. The molecule has 1 N–H and O–H groups in total. The Balaban J connectivity index is 1.76. The first-order valence-electron chi connectivity index (χ1n) is 8.85. The van der Waals surface area contributed by atoms with Crippen LogP contribution in [0.4, 0.5) is 0 Å². The first-order valence-corrected chi connectivity index (χ1v) is 8.85. The summed E-state index contributed by atoms with van der Waals surface area (Å²) in [6.45, 7) is 5.83. The Kier molecular flexibility index (Phi) is 5.30. The number of hydrogen-bond donors (Lipinski definition) is 1. The minimum absolute atomic E-state index is 0.00693. The Morgan fingerprint density at radius 2 is 1.96 bits per heavy atom. The lowest BCUT2D eigenvalue weighted by Crippen LogP contribution is -2.41. The van der Waals surface area contributed by atoms with E-state index in [1.807, 2.05) is 32.0 Å². The highest BCUT2D eigenvalue weighted by molar-refractivity contribution is 6.17. The van der Waals surface area contributed by atoms with Crippen LogP contribution in [0, 0.1) is 5.92 Å². The molecule has 0 bridgehead atoms. The molecule has 3 heterocycles. The summed E-state index contributed by atoms with van der Waals surface area (Å²) in [7, 11) is 0. The molecule has 27 heavy (non-hydrogen) atoms. The van der Waals surface area contributed by atoms with Crippen LogP contribution in [0.2, 0.25) is 0 Å². The van der Waals surface area contributed by atoms with Crippen LogP contribution in [-0.4, -0.2) is 39.8 Å². The maximum atomic E-state index is 12.5. The van der Waals surface area contributed by atoms with E-state index >= 15 is 0 Å². The van der Waals surface area contributed by atoms with Crippen molar-refractivity contribution in [3.05, 3.63) is 59.7 Å². The van der Waals surface area contributed by atoms with Gasteiger partial charge in [-0.3, -0.25) is 14.8 Å². The van der Waals surface area contributed by atoms with Crippen molar-refractivity contribution in [3.8, 4) is 0 Å². The fraction of sp³-hybridized carbons (Fsp3) is 0.350. The molecule has 3 rings (SSSR count). The summed E-state index contributed by atoms with van der Waals surface area (Å²) in [4.78, 5) is 37.9. The molecular weight excluding hydrogens is 344 g/mol. The Labute approximate surface area is 157 Å². The number of pyridine rings is 2. The van der Waals surface area contributed by atoms with Crippen molar-refractivity contribution in [2.45, 2.75) is 32.7 Å². The summed E-state index contributed by atoms with van der Waals surface area (Å²) in [5.74, 6) is -0.405. The summed E-state index contributed by atoms with van der Waals surface area (Å²) < 4.78 is 5.37. The number of carbonyl (C=O) groups is 2. The van der Waals surface area contributed by atoms with Crippen LogP contribution in [0.15, 0.2) is 47.7 Å². The van der Waals surface area contributed by atoms with E-state index in [9.17, 15) is 9.59 Å². The second-order valence-corrected chi connectivity index (χ2v) is 6.82. The Hall–Kier alpha value is -3.09. The molecule has 1 unspecified atom stereocenters. The van der Waals surface area contributed by atoms with Crippen molar-refractivity contribution in [1.82, 2.24) is 15.3 Å². The van der Waals surface area contributed by atoms with E-state index in [1.54, 1.807) is 31.5 Å². The van der Waals surface area contributed by atoms with Crippen LogP contribution >= 0.6 is 0 Å². The van der Waals surface area contributed by atoms with Gasteiger partial charge in [-0.25, -0.2) is 9.79 Å². The second-order valence-electron chi connectivity index (χ2n) is 6.82. The van der Waals surface area contributed by atoms with Crippen molar-refractivity contribution in [2.75, 3.05) is 6.61 Å². The van der Waals surface area contributed by atoms with Crippen LogP contribution in [0.1, 0.15) is 42.5 Å². The minimum Gasteiger partial charge on any atom is -0.462 e. The molecule has 1 aliphatic heterocycles. The van der Waals surface area contributed by atoms with Crippen molar-refractivity contribution < 1.29 is 14.3 Å². The molecule has 1 amide bonds. The highest BCUT2D eigenvalue weighted by Crippen LogP contribution is 2.27. The molecule has 1 atom stereocenters. The number of carbonyl (C=O) groups excluding carboxylic acids is 2. The molecular formula is C20H22N4O3. The second kappa shape index (κ2) is 7.65. The predicted molar refractivity (Wildman–Crippen MR) is 100 cm³/mol. The van der Waals surface area contributed by atoms with E-state index in [4.69, 9.17) is 4.74 Å². The first-order chi connectivity index (χ1) is 12.9. The van der Waals surface area contributed by atoms with Gasteiger partial charge in [0, 0.05) is 24.5 Å². The number of aromatic nitrogens is 2.